The first kappa shape index (κ1) is 24.0. The lowest BCUT2D eigenvalue weighted by atomic mass is 10.0. The summed E-state index contributed by atoms with van der Waals surface area (Å²) in [6.45, 7) is 2.55. The first-order valence-corrected chi connectivity index (χ1v) is 10.8. The van der Waals surface area contributed by atoms with Gasteiger partial charge in [0.2, 0.25) is 11.8 Å². The molecular weight excluding hydrogens is 418 g/mol. The van der Waals surface area contributed by atoms with Crippen LogP contribution in [-0.4, -0.2) is 84.9 Å². The minimum Gasteiger partial charge on any atom is -0.497 e. The molecule has 1 aliphatic carbocycles. The number of amides is 2. The van der Waals surface area contributed by atoms with Crippen LogP contribution in [0.15, 0.2) is 24.3 Å². The van der Waals surface area contributed by atoms with E-state index in [1.54, 1.807) is 12.1 Å². The number of morpholine rings is 1. The van der Waals surface area contributed by atoms with Crippen LogP contribution in [0.25, 0.3) is 0 Å². The van der Waals surface area contributed by atoms with E-state index in [0.717, 1.165) is 12.8 Å². The predicted octanol–water partition coefficient (Wildman–Crippen LogP) is -0.0849. The van der Waals surface area contributed by atoms with Gasteiger partial charge < -0.3 is 30.3 Å². The number of nitrogens with one attached hydrogen (secondary N) is 2. The maximum atomic E-state index is 12.9. The number of hydrogen-bond acceptors (Lipinski definition) is 7. The molecule has 176 valence electrons. The highest BCUT2D eigenvalue weighted by atomic mass is 16.5. The Labute approximate surface area is 186 Å². The molecule has 0 aromatic heterocycles. The van der Waals surface area contributed by atoms with Crippen LogP contribution in [0.5, 0.6) is 5.75 Å². The first-order chi connectivity index (χ1) is 15.4. The highest BCUT2D eigenvalue weighted by molar-refractivity contribution is 5.91. The molecule has 1 heterocycles. The number of ether oxygens (including phenoxy) is 2. The summed E-state index contributed by atoms with van der Waals surface area (Å²) in [6.07, 6.45) is 0.916. The Balaban J connectivity index is 1.63. The molecule has 3 rings (SSSR count). The average Bonchev–Trinajstić information content (AvgIpc) is 3.61. The van der Waals surface area contributed by atoms with Crippen LogP contribution >= 0.6 is 0 Å². The SMILES string of the molecule is COc1ccc([C@@H](O)[C@H](NC(=O)[C@H](CC2CC2)NC(=O)CN2CCOCC2)C(=O)O)cc1. The number of carbonyl (C=O) groups is 3. The molecule has 4 N–H and O–H groups in total. The van der Waals surface area contributed by atoms with E-state index < -0.39 is 30.1 Å². The summed E-state index contributed by atoms with van der Waals surface area (Å²) >= 11 is 0. The van der Waals surface area contributed by atoms with Crippen LogP contribution in [0, 0.1) is 5.92 Å². The Bertz CT molecular complexity index is 791. The molecule has 1 saturated heterocycles. The van der Waals surface area contributed by atoms with E-state index in [1.807, 2.05) is 4.90 Å². The van der Waals surface area contributed by atoms with Crippen LogP contribution in [0.2, 0.25) is 0 Å². The molecular formula is C22H31N3O7. The molecule has 0 bridgehead atoms. The third-order valence-electron chi connectivity index (χ3n) is 5.73. The van der Waals surface area contributed by atoms with E-state index in [-0.39, 0.29) is 12.5 Å². The molecule has 0 unspecified atom stereocenters. The van der Waals surface area contributed by atoms with Crippen molar-refractivity contribution < 1.29 is 34.1 Å². The number of aliphatic hydroxyl groups excluding tert-OH is 1. The largest absolute Gasteiger partial charge is 0.497 e. The fourth-order valence-corrected chi connectivity index (χ4v) is 3.64. The average molecular weight is 450 g/mol. The number of carboxylic acids is 1. The Morgan fingerprint density at radius 2 is 1.81 bits per heavy atom. The Morgan fingerprint density at radius 1 is 1.16 bits per heavy atom. The number of rotatable bonds is 11. The van der Waals surface area contributed by atoms with Crippen molar-refractivity contribution in [2.75, 3.05) is 40.0 Å². The normalized spacial score (nSPS) is 19.4. The van der Waals surface area contributed by atoms with Crippen molar-refractivity contribution in [1.29, 1.82) is 0 Å². The predicted molar refractivity (Wildman–Crippen MR) is 114 cm³/mol. The van der Waals surface area contributed by atoms with E-state index in [2.05, 4.69) is 10.6 Å². The van der Waals surface area contributed by atoms with Gasteiger partial charge in [-0.15, -0.1) is 0 Å². The van der Waals surface area contributed by atoms with Crippen molar-refractivity contribution in [2.45, 2.75) is 37.5 Å². The third-order valence-corrected chi connectivity index (χ3v) is 5.73. The summed E-state index contributed by atoms with van der Waals surface area (Å²) in [6, 6.07) is 3.85. The summed E-state index contributed by atoms with van der Waals surface area (Å²) in [4.78, 5) is 39.2. The molecule has 3 atom stereocenters. The lowest BCUT2D eigenvalue weighted by Gasteiger charge is -2.28. The van der Waals surface area contributed by atoms with Crippen molar-refractivity contribution in [3.63, 3.8) is 0 Å². The monoisotopic (exact) mass is 449 g/mol. The van der Waals surface area contributed by atoms with E-state index in [0.29, 0.717) is 50.0 Å². The van der Waals surface area contributed by atoms with Crippen molar-refractivity contribution in [2.24, 2.45) is 5.92 Å². The van der Waals surface area contributed by atoms with Crippen LogP contribution in [0.4, 0.5) is 0 Å². The highest BCUT2D eigenvalue weighted by Gasteiger charge is 2.35. The maximum Gasteiger partial charge on any atom is 0.329 e. The van der Waals surface area contributed by atoms with E-state index in [9.17, 15) is 24.6 Å². The number of benzene rings is 1. The van der Waals surface area contributed by atoms with Gasteiger partial charge in [-0.3, -0.25) is 14.5 Å². The van der Waals surface area contributed by atoms with Crippen LogP contribution < -0.4 is 15.4 Å². The van der Waals surface area contributed by atoms with E-state index in [1.165, 1.54) is 19.2 Å². The van der Waals surface area contributed by atoms with Gasteiger partial charge in [0.05, 0.1) is 26.9 Å². The second-order valence-corrected chi connectivity index (χ2v) is 8.23. The summed E-state index contributed by atoms with van der Waals surface area (Å²) in [5.41, 5.74) is 0.327. The van der Waals surface area contributed by atoms with Crippen LogP contribution in [-0.2, 0) is 19.1 Å². The fraction of sp³-hybridized carbons (Fsp3) is 0.591. The lowest BCUT2D eigenvalue weighted by molar-refractivity contribution is -0.145. The zero-order chi connectivity index (χ0) is 23.1. The number of nitrogens with zero attached hydrogens (tertiary/aromatic N) is 1. The Morgan fingerprint density at radius 3 is 2.38 bits per heavy atom. The fourth-order valence-electron chi connectivity index (χ4n) is 3.64. The van der Waals surface area contributed by atoms with Crippen molar-refractivity contribution >= 4 is 17.8 Å². The number of aliphatic hydroxyl groups is 1. The van der Waals surface area contributed by atoms with Crippen molar-refractivity contribution in [1.82, 2.24) is 15.5 Å². The third kappa shape index (κ3) is 6.91. The van der Waals surface area contributed by atoms with Gasteiger partial charge in [0.15, 0.2) is 6.04 Å². The van der Waals surface area contributed by atoms with Crippen LogP contribution in [0.1, 0.15) is 30.9 Å². The molecule has 1 aromatic rings. The minimum absolute atomic E-state index is 0.147. The van der Waals surface area contributed by atoms with Gasteiger partial charge in [-0.25, -0.2) is 4.79 Å². The van der Waals surface area contributed by atoms with Gasteiger partial charge in [0.1, 0.15) is 17.9 Å². The van der Waals surface area contributed by atoms with Gasteiger partial charge in [-0.1, -0.05) is 25.0 Å². The number of hydrogen-bond donors (Lipinski definition) is 4. The van der Waals surface area contributed by atoms with Crippen LogP contribution in [0.3, 0.4) is 0 Å². The van der Waals surface area contributed by atoms with Gasteiger partial charge in [-0.2, -0.15) is 0 Å². The number of carbonyl (C=O) groups excluding carboxylic acids is 2. The van der Waals surface area contributed by atoms with Crippen molar-refractivity contribution in [3.8, 4) is 5.75 Å². The second-order valence-electron chi connectivity index (χ2n) is 8.23. The quantitative estimate of drug-likeness (QED) is 0.368. The molecule has 2 aliphatic rings. The lowest BCUT2D eigenvalue weighted by Crippen LogP contribution is -2.55. The van der Waals surface area contributed by atoms with Crippen molar-refractivity contribution in [3.05, 3.63) is 29.8 Å². The molecule has 0 spiro atoms. The molecule has 1 aromatic carbocycles. The first-order valence-electron chi connectivity index (χ1n) is 10.8. The number of aliphatic carboxylic acids is 1. The second kappa shape index (κ2) is 11.3. The summed E-state index contributed by atoms with van der Waals surface area (Å²) in [7, 11) is 1.50. The van der Waals surface area contributed by atoms with Gasteiger partial charge in [0, 0.05) is 13.1 Å². The minimum atomic E-state index is -1.56. The molecule has 2 fully saturated rings. The topological polar surface area (TPSA) is 137 Å². The molecule has 10 nitrogen and oxygen atoms in total. The Kier molecular flexibility index (Phi) is 8.43. The zero-order valence-corrected chi connectivity index (χ0v) is 18.2. The molecule has 10 heteroatoms. The maximum absolute atomic E-state index is 12.9. The smallest absolute Gasteiger partial charge is 0.329 e. The summed E-state index contributed by atoms with van der Waals surface area (Å²) in [5.74, 6) is -1.40. The van der Waals surface area contributed by atoms with Gasteiger partial charge >= 0.3 is 5.97 Å². The standard InChI is InChI=1S/C22H31N3O7/c1-31-16-6-4-15(5-7-16)20(27)19(22(29)30)24-21(28)17(12-14-2-3-14)23-18(26)13-25-8-10-32-11-9-25/h4-7,14,17,19-20,27H,2-3,8-13H2,1H3,(H,23,26)(H,24,28)(H,29,30)/t17-,19-,20+/m0/s1. The number of methoxy groups -OCH3 is 1. The molecule has 2 amide bonds. The summed E-state index contributed by atoms with van der Waals surface area (Å²) in [5, 5.41) is 25.4. The number of carboxylic acid groups (broad SMARTS) is 1. The van der Waals surface area contributed by atoms with E-state index in [4.69, 9.17) is 9.47 Å². The van der Waals surface area contributed by atoms with E-state index >= 15 is 0 Å². The molecule has 1 saturated carbocycles. The summed E-state index contributed by atoms with van der Waals surface area (Å²) < 4.78 is 10.3. The molecule has 32 heavy (non-hydrogen) atoms. The molecule has 1 aliphatic heterocycles. The zero-order valence-electron chi connectivity index (χ0n) is 18.2. The molecule has 0 radical (unpaired) electrons. The van der Waals surface area contributed by atoms with Gasteiger partial charge in [-0.05, 0) is 30.0 Å². The van der Waals surface area contributed by atoms with Gasteiger partial charge in [0.25, 0.3) is 0 Å². The highest BCUT2D eigenvalue weighted by Crippen LogP contribution is 2.33. The Hall–Kier alpha value is -2.69.